The van der Waals surface area contributed by atoms with Crippen LogP contribution in [0.2, 0.25) is 0 Å². The van der Waals surface area contributed by atoms with Gasteiger partial charge in [-0.1, -0.05) is 0 Å². The maximum absolute atomic E-state index is 12.0. The van der Waals surface area contributed by atoms with Crippen LogP contribution in [0.25, 0.3) is 0 Å². The van der Waals surface area contributed by atoms with E-state index in [0.29, 0.717) is 9.26 Å². The van der Waals surface area contributed by atoms with Gasteiger partial charge in [0.1, 0.15) is 5.75 Å². The molecule has 0 aromatic carbocycles. The summed E-state index contributed by atoms with van der Waals surface area (Å²) in [6, 6.07) is 1.10. The zero-order valence-electron chi connectivity index (χ0n) is 7.85. The summed E-state index contributed by atoms with van der Waals surface area (Å²) in [6.07, 6.45) is -4.71. The first-order valence-corrected chi connectivity index (χ1v) is 4.88. The lowest BCUT2D eigenvalue weighted by Crippen LogP contribution is -2.18. The molecule has 0 saturated carbocycles. The maximum Gasteiger partial charge on any atom is 0.573 e. The largest absolute Gasteiger partial charge is 0.573 e. The highest BCUT2D eigenvalue weighted by Gasteiger charge is 2.32. The zero-order valence-corrected chi connectivity index (χ0v) is 10.0. The lowest BCUT2D eigenvalue weighted by atomic mass is 10.3. The molecule has 0 atom stereocenters. The van der Waals surface area contributed by atoms with Crippen LogP contribution in [0.3, 0.4) is 0 Å². The van der Waals surface area contributed by atoms with E-state index in [2.05, 4.69) is 9.72 Å². The van der Waals surface area contributed by atoms with Crippen molar-refractivity contribution in [2.45, 2.75) is 13.3 Å². The Morgan fingerprint density at radius 3 is 2.47 bits per heavy atom. The standard InChI is InChI=1S/C8H7F3INO2/c1-4-7(12)5(15-8(9,10)11)3-6(13-4)14-2/h3H,1-2H3. The molecule has 1 aromatic rings. The number of ether oxygens (including phenoxy) is 2. The van der Waals surface area contributed by atoms with Gasteiger partial charge in [-0.2, -0.15) is 0 Å². The summed E-state index contributed by atoms with van der Waals surface area (Å²) in [7, 11) is 1.33. The summed E-state index contributed by atoms with van der Waals surface area (Å²) in [5.74, 6) is -0.209. The molecule has 0 amide bonds. The van der Waals surface area contributed by atoms with Crippen LogP contribution in [0.1, 0.15) is 5.69 Å². The lowest BCUT2D eigenvalue weighted by Gasteiger charge is -2.12. The van der Waals surface area contributed by atoms with Gasteiger partial charge in [0.25, 0.3) is 0 Å². The molecule has 0 aliphatic rings. The van der Waals surface area contributed by atoms with Gasteiger partial charge in [-0.25, -0.2) is 4.98 Å². The quantitative estimate of drug-likeness (QED) is 0.780. The first-order valence-electron chi connectivity index (χ1n) is 3.80. The molecular formula is C8H7F3INO2. The van der Waals surface area contributed by atoms with E-state index in [1.807, 2.05) is 0 Å². The predicted octanol–water partition coefficient (Wildman–Crippen LogP) is 2.90. The minimum absolute atomic E-state index is 0.0900. The van der Waals surface area contributed by atoms with E-state index in [0.717, 1.165) is 6.07 Å². The molecule has 0 aliphatic heterocycles. The zero-order chi connectivity index (χ0) is 11.6. The van der Waals surface area contributed by atoms with Crippen molar-refractivity contribution in [2.24, 2.45) is 0 Å². The molecule has 0 spiro atoms. The third-order valence-electron chi connectivity index (χ3n) is 1.50. The van der Waals surface area contributed by atoms with Crippen molar-refractivity contribution < 1.29 is 22.6 Å². The average molecular weight is 333 g/mol. The average Bonchev–Trinajstić information content (AvgIpc) is 2.10. The van der Waals surface area contributed by atoms with E-state index in [1.165, 1.54) is 7.11 Å². The summed E-state index contributed by atoms with van der Waals surface area (Å²) >= 11 is 1.73. The SMILES string of the molecule is COc1cc(OC(F)(F)F)c(I)c(C)n1. The Bertz CT molecular complexity index is 368. The molecular weight excluding hydrogens is 326 g/mol. The third kappa shape index (κ3) is 3.40. The van der Waals surface area contributed by atoms with Crippen LogP contribution in [-0.4, -0.2) is 18.5 Å². The highest BCUT2D eigenvalue weighted by molar-refractivity contribution is 14.1. The number of halogens is 4. The smallest absolute Gasteiger partial charge is 0.481 e. The van der Waals surface area contributed by atoms with Gasteiger partial charge in [-0.15, -0.1) is 13.2 Å². The topological polar surface area (TPSA) is 31.4 Å². The minimum Gasteiger partial charge on any atom is -0.481 e. The number of pyridine rings is 1. The molecule has 0 bridgehead atoms. The molecule has 0 saturated heterocycles. The molecule has 0 unspecified atom stereocenters. The van der Waals surface area contributed by atoms with Gasteiger partial charge in [-0.3, -0.25) is 0 Å². The number of alkyl halides is 3. The number of aryl methyl sites for hydroxylation is 1. The second kappa shape index (κ2) is 4.42. The molecule has 1 rings (SSSR count). The molecule has 15 heavy (non-hydrogen) atoms. The number of methoxy groups -OCH3 is 1. The van der Waals surface area contributed by atoms with Crippen molar-refractivity contribution in [3.63, 3.8) is 0 Å². The van der Waals surface area contributed by atoms with E-state index < -0.39 is 6.36 Å². The summed E-state index contributed by atoms with van der Waals surface area (Å²) in [5, 5.41) is 0. The van der Waals surface area contributed by atoms with Crippen molar-refractivity contribution in [1.82, 2.24) is 4.98 Å². The van der Waals surface area contributed by atoms with Crippen molar-refractivity contribution in [3.05, 3.63) is 15.3 Å². The predicted molar refractivity (Wildman–Crippen MR) is 54.9 cm³/mol. The molecule has 7 heteroatoms. The van der Waals surface area contributed by atoms with E-state index >= 15 is 0 Å². The van der Waals surface area contributed by atoms with Crippen LogP contribution < -0.4 is 9.47 Å². The molecule has 0 aliphatic carbocycles. The molecule has 1 aromatic heterocycles. The second-order valence-electron chi connectivity index (χ2n) is 2.61. The monoisotopic (exact) mass is 333 g/mol. The van der Waals surface area contributed by atoms with Crippen molar-refractivity contribution >= 4 is 22.6 Å². The van der Waals surface area contributed by atoms with Gasteiger partial charge < -0.3 is 9.47 Å². The Morgan fingerprint density at radius 1 is 1.40 bits per heavy atom. The highest BCUT2D eigenvalue weighted by atomic mass is 127. The Kier molecular flexibility index (Phi) is 3.63. The van der Waals surface area contributed by atoms with E-state index in [4.69, 9.17) is 4.74 Å². The van der Waals surface area contributed by atoms with Crippen LogP contribution in [-0.2, 0) is 0 Å². The fourth-order valence-corrected chi connectivity index (χ4v) is 1.29. The van der Waals surface area contributed by atoms with Crippen LogP contribution in [0.15, 0.2) is 6.07 Å². The van der Waals surface area contributed by atoms with Crippen LogP contribution in [0.5, 0.6) is 11.6 Å². The molecule has 0 fully saturated rings. The summed E-state index contributed by atoms with van der Waals surface area (Å²) in [6.45, 7) is 1.58. The van der Waals surface area contributed by atoms with Gasteiger partial charge in [0.2, 0.25) is 5.88 Å². The molecule has 0 N–H and O–H groups in total. The van der Waals surface area contributed by atoms with Gasteiger partial charge in [-0.05, 0) is 29.5 Å². The van der Waals surface area contributed by atoms with Crippen LogP contribution in [0.4, 0.5) is 13.2 Å². The van der Waals surface area contributed by atoms with E-state index in [9.17, 15) is 13.2 Å². The lowest BCUT2D eigenvalue weighted by molar-refractivity contribution is -0.275. The first-order chi connectivity index (χ1) is 6.83. The van der Waals surface area contributed by atoms with Gasteiger partial charge in [0.15, 0.2) is 0 Å². The van der Waals surface area contributed by atoms with Gasteiger partial charge in [0.05, 0.1) is 16.4 Å². The Balaban J connectivity index is 3.11. The fourth-order valence-electron chi connectivity index (χ4n) is 0.904. The number of hydrogen-bond donors (Lipinski definition) is 0. The van der Waals surface area contributed by atoms with Crippen LogP contribution >= 0.6 is 22.6 Å². The first kappa shape index (κ1) is 12.3. The molecule has 0 radical (unpaired) electrons. The Labute approximate surface area is 97.7 Å². The summed E-state index contributed by atoms with van der Waals surface area (Å²) < 4.78 is 44.9. The molecule has 3 nitrogen and oxygen atoms in total. The van der Waals surface area contributed by atoms with Crippen molar-refractivity contribution in [2.75, 3.05) is 7.11 Å². The van der Waals surface area contributed by atoms with E-state index in [1.54, 1.807) is 29.5 Å². The molecule has 1 heterocycles. The third-order valence-corrected chi connectivity index (χ3v) is 2.81. The normalized spacial score (nSPS) is 11.3. The number of hydrogen-bond acceptors (Lipinski definition) is 3. The number of rotatable bonds is 2. The molecule has 84 valence electrons. The second-order valence-corrected chi connectivity index (χ2v) is 3.69. The Morgan fingerprint density at radius 2 is 2.00 bits per heavy atom. The fraction of sp³-hybridized carbons (Fsp3) is 0.375. The highest BCUT2D eigenvalue weighted by Crippen LogP contribution is 2.31. The van der Waals surface area contributed by atoms with Crippen molar-refractivity contribution in [3.8, 4) is 11.6 Å². The number of nitrogens with zero attached hydrogens (tertiary/aromatic N) is 1. The minimum atomic E-state index is -4.71. The Hall–Kier alpha value is -0.730. The van der Waals surface area contributed by atoms with Gasteiger partial charge in [0, 0.05) is 6.07 Å². The van der Waals surface area contributed by atoms with E-state index in [-0.39, 0.29) is 11.6 Å². The summed E-state index contributed by atoms with van der Waals surface area (Å²) in [5.41, 5.74) is 0.425. The van der Waals surface area contributed by atoms with Gasteiger partial charge >= 0.3 is 6.36 Å². The number of aromatic nitrogens is 1. The van der Waals surface area contributed by atoms with Crippen LogP contribution in [0, 0.1) is 10.5 Å². The van der Waals surface area contributed by atoms with Crippen molar-refractivity contribution in [1.29, 1.82) is 0 Å². The summed E-state index contributed by atoms with van der Waals surface area (Å²) in [4.78, 5) is 3.90. The maximum atomic E-state index is 12.0.